The summed E-state index contributed by atoms with van der Waals surface area (Å²) in [6.45, 7) is 0. The first-order chi connectivity index (χ1) is 28.3. The fourth-order valence-corrected chi connectivity index (χ4v) is 8.34. The summed E-state index contributed by atoms with van der Waals surface area (Å²) in [5, 5.41) is 11.5. The van der Waals surface area contributed by atoms with Gasteiger partial charge in [-0.25, -0.2) is 4.39 Å². The van der Waals surface area contributed by atoms with Crippen LogP contribution in [0.3, 0.4) is 0 Å². The molecule has 10 rings (SSSR count). The molecule has 8 heteroatoms. The van der Waals surface area contributed by atoms with Crippen molar-refractivity contribution in [1.29, 1.82) is 5.26 Å². The average molecular weight is 763 g/mol. The van der Waals surface area contributed by atoms with Crippen LogP contribution < -0.4 is 14.7 Å². The van der Waals surface area contributed by atoms with Crippen LogP contribution in [0.15, 0.2) is 146 Å². The first kappa shape index (κ1) is 34.8. The molecule has 7 aromatic rings. The lowest BCUT2D eigenvalue weighted by molar-refractivity contribution is -0.136. The molecule has 0 radical (unpaired) electrons. The van der Waals surface area contributed by atoms with Gasteiger partial charge in [-0.1, -0.05) is 146 Å². The molecule has 278 valence electrons. The van der Waals surface area contributed by atoms with Gasteiger partial charge in [-0.3, -0.25) is 0 Å². The second-order valence-corrected chi connectivity index (χ2v) is 14.1. The van der Waals surface area contributed by atoms with Gasteiger partial charge in [-0.2, -0.15) is 18.4 Å². The van der Waals surface area contributed by atoms with Crippen LogP contribution in [0.2, 0.25) is 0 Å². The number of alkyl halides is 3. The van der Waals surface area contributed by atoms with E-state index in [2.05, 4.69) is 6.07 Å². The van der Waals surface area contributed by atoms with E-state index in [0.717, 1.165) is 0 Å². The first-order valence-electron chi connectivity index (χ1n) is 18.7. The number of rotatable bonds is 3. The number of hydrogen-bond acceptors (Lipinski definition) is 4. The highest BCUT2D eigenvalue weighted by atomic mass is 19.4. The molecule has 0 fully saturated rings. The molecule has 0 aromatic heterocycles. The number of benzene rings is 7. The minimum Gasteiger partial charge on any atom is -0.307 e. The molecule has 0 spiro atoms. The third-order valence-electron chi connectivity index (χ3n) is 10.8. The van der Waals surface area contributed by atoms with Gasteiger partial charge in [0.2, 0.25) is 0 Å². The van der Waals surface area contributed by atoms with E-state index >= 15 is 17.6 Å². The van der Waals surface area contributed by atoms with E-state index in [4.69, 9.17) is 0 Å². The number of hydrogen-bond donors (Lipinski definition) is 0. The topological polar surface area (TPSA) is 33.5 Å². The predicted octanol–water partition coefficient (Wildman–Crippen LogP) is 14.6. The summed E-state index contributed by atoms with van der Waals surface area (Å²) < 4.78 is 69.2. The Kier molecular flexibility index (Phi) is 8.13. The normalized spacial score (nSPS) is 13.5. The van der Waals surface area contributed by atoms with Gasteiger partial charge in [0.15, 0.2) is 5.82 Å². The third-order valence-corrected chi connectivity index (χ3v) is 10.8. The standard InChI is InChI=1S/C50H30F4N4/c51-46-48(57-41-21-9-3-15-34(41)27-28-35-16-4-10-22-42(35)57)38(31-55)47(56-39-19-7-1-13-32(39)25-26-33-14-2-8-20-40(33)56)45(50(52,53)54)49(46)58-43-23-11-5-17-36(43)29-30-37-18-6-12-24-44(37)58/h1-30H. The van der Waals surface area contributed by atoms with Crippen molar-refractivity contribution in [3.63, 3.8) is 0 Å². The van der Waals surface area contributed by atoms with Gasteiger partial charge >= 0.3 is 6.18 Å². The van der Waals surface area contributed by atoms with Gasteiger partial charge in [-0.15, -0.1) is 0 Å². The van der Waals surface area contributed by atoms with Crippen LogP contribution in [-0.2, 0) is 6.18 Å². The van der Waals surface area contributed by atoms with Gasteiger partial charge in [-0.05, 0) is 69.8 Å². The summed E-state index contributed by atoms with van der Waals surface area (Å²) in [7, 11) is 0. The van der Waals surface area contributed by atoms with E-state index in [9.17, 15) is 5.26 Å². The monoisotopic (exact) mass is 762 g/mol. The Morgan fingerprint density at radius 3 is 0.914 bits per heavy atom. The van der Waals surface area contributed by atoms with Gasteiger partial charge in [0.1, 0.15) is 22.9 Å². The Bertz CT molecular complexity index is 2800. The molecule has 0 saturated heterocycles. The van der Waals surface area contributed by atoms with Gasteiger partial charge < -0.3 is 14.7 Å². The van der Waals surface area contributed by atoms with E-state index < -0.39 is 34.5 Å². The molecule has 7 aromatic carbocycles. The SMILES string of the molecule is N#Cc1c(N2c3ccccc3C=Cc3ccccc32)c(F)c(N2c3ccccc3C=Cc3ccccc32)c(C(F)(F)F)c1N1c2ccccc2C=Cc2ccccc21. The molecule has 3 aliphatic heterocycles. The predicted molar refractivity (Wildman–Crippen MR) is 227 cm³/mol. The molecule has 3 aliphatic rings. The Morgan fingerprint density at radius 1 is 0.379 bits per heavy atom. The van der Waals surface area contributed by atoms with Crippen molar-refractivity contribution in [1.82, 2.24) is 0 Å². The van der Waals surface area contributed by atoms with E-state index in [1.165, 1.54) is 9.80 Å². The second-order valence-electron chi connectivity index (χ2n) is 14.1. The maximum atomic E-state index is 18.9. The van der Waals surface area contributed by atoms with Crippen molar-refractivity contribution in [3.8, 4) is 6.07 Å². The molecule has 0 amide bonds. The lowest BCUT2D eigenvalue weighted by Gasteiger charge is -2.38. The van der Waals surface area contributed by atoms with Crippen LogP contribution in [-0.4, -0.2) is 0 Å². The fourth-order valence-electron chi connectivity index (χ4n) is 8.34. The number of halogens is 4. The Balaban J connectivity index is 1.45. The highest BCUT2D eigenvalue weighted by Crippen LogP contribution is 2.59. The molecule has 4 nitrogen and oxygen atoms in total. The van der Waals surface area contributed by atoms with Gasteiger partial charge in [0.25, 0.3) is 0 Å². The van der Waals surface area contributed by atoms with Crippen molar-refractivity contribution >= 4 is 87.6 Å². The summed E-state index contributed by atoms with van der Waals surface area (Å²) in [4.78, 5) is 4.46. The fraction of sp³-hybridized carbons (Fsp3) is 0.0200. The Hall–Kier alpha value is -7.63. The van der Waals surface area contributed by atoms with E-state index in [1.807, 2.05) is 85.0 Å². The number of nitrogens with zero attached hydrogens (tertiary/aromatic N) is 4. The quantitative estimate of drug-likeness (QED) is 0.168. The highest BCUT2D eigenvalue weighted by Gasteiger charge is 2.47. The minimum atomic E-state index is -5.20. The number of fused-ring (bicyclic) bond motifs is 6. The number of anilines is 9. The molecule has 0 atom stereocenters. The molecule has 0 unspecified atom stereocenters. The van der Waals surface area contributed by atoms with Crippen LogP contribution in [0.25, 0.3) is 36.5 Å². The molecule has 3 heterocycles. The summed E-state index contributed by atoms with van der Waals surface area (Å²) in [6.07, 6.45) is 5.93. The third kappa shape index (κ3) is 5.43. The average Bonchev–Trinajstić information content (AvgIpc) is 3.60. The minimum absolute atomic E-state index is 0.316. The molecule has 0 bridgehead atoms. The first-order valence-corrected chi connectivity index (χ1v) is 18.7. The van der Waals surface area contributed by atoms with Crippen molar-refractivity contribution in [3.05, 3.63) is 196 Å². The Morgan fingerprint density at radius 2 is 0.638 bits per heavy atom. The second kappa shape index (κ2) is 13.5. The maximum absolute atomic E-state index is 18.9. The van der Waals surface area contributed by atoms with Crippen LogP contribution >= 0.6 is 0 Å². The van der Waals surface area contributed by atoms with Gasteiger partial charge in [0.05, 0.1) is 45.5 Å². The largest absolute Gasteiger partial charge is 0.420 e. The summed E-state index contributed by atoms with van der Waals surface area (Å²) >= 11 is 0. The lowest BCUT2D eigenvalue weighted by Crippen LogP contribution is -2.27. The van der Waals surface area contributed by atoms with E-state index in [-0.39, 0.29) is 5.69 Å². The van der Waals surface area contributed by atoms with E-state index in [1.54, 1.807) is 102 Å². The van der Waals surface area contributed by atoms with Gasteiger partial charge in [0, 0.05) is 0 Å². The molecular weight excluding hydrogens is 733 g/mol. The highest BCUT2D eigenvalue weighted by molar-refractivity contribution is 6.04. The molecule has 0 N–H and O–H groups in total. The maximum Gasteiger partial charge on any atom is 0.420 e. The van der Waals surface area contributed by atoms with Crippen LogP contribution in [0.5, 0.6) is 0 Å². The summed E-state index contributed by atoms with van der Waals surface area (Å²) in [5.74, 6) is -1.21. The van der Waals surface area contributed by atoms with E-state index in [0.29, 0.717) is 67.5 Å². The van der Waals surface area contributed by atoms with Crippen molar-refractivity contribution in [2.45, 2.75) is 6.18 Å². The van der Waals surface area contributed by atoms with Crippen molar-refractivity contribution in [2.75, 3.05) is 14.7 Å². The van der Waals surface area contributed by atoms with Crippen LogP contribution in [0.1, 0.15) is 44.5 Å². The zero-order valence-electron chi connectivity index (χ0n) is 30.6. The summed E-state index contributed by atoms with van der Waals surface area (Å²) in [6, 6.07) is 45.0. The van der Waals surface area contributed by atoms with Crippen molar-refractivity contribution < 1.29 is 17.6 Å². The number of nitriles is 1. The molecule has 58 heavy (non-hydrogen) atoms. The smallest absolute Gasteiger partial charge is 0.307 e. The van der Waals surface area contributed by atoms with Crippen LogP contribution in [0.4, 0.5) is 68.7 Å². The molecule has 0 aliphatic carbocycles. The summed E-state index contributed by atoms with van der Waals surface area (Å²) in [5.41, 5.74) is 2.91. The van der Waals surface area contributed by atoms with Crippen LogP contribution in [0, 0.1) is 17.1 Å². The lowest BCUT2D eigenvalue weighted by atomic mass is 9.95. The molecule has 0 saturated carbocycles. The Labute approximate surface area is 332 Å². The zero-order valence-corrected chi connectivity index (χ0v) is 30.6. The van der Waals surface area contributed by atoms with Crippen molar-refractivity contribution in [2.24, 2.45) is 0 Å². The zero-order chi connectivity index (χ0) is 39.5. The number of para-hydroxylation sites is 6. The molecular formula is C50H30F4N4.